The molecule has 0 saturated heterocycles. The molecule has 1 fully saturated rings. The number of nitrogens with two attached hydrogens (primary N) is 1. The molecule has 1 aliphatic rings. The predicted molar refractivity (Wildman–Crippen MR) is 94.6 cm³/mol. The zero-order valence-corrected chi connectivity index (χ0v) is 14.0. The Labute approximate surface area is 148 Å². The van der Waals surface area contributed by atoms with Gasteiger partial charge in [0.25, 0.3) is 5.96 Å². The molecule has 2 heterocycles. The van der Waals surface area contributed by atoms with E-state index >= 15 is 0 Å². The maximum absolute atomic E-state index is 12.5. The lowest BCUT2D eigenvalue weighted by Gasteiger charge is -2.27. The van der Waals surface area contributed by atoms with Crippen molar-refractivity contribution in [2.75, 3.05) is 11.9 Å². The number of nitrogens with zero attached hydrogens (tertiary/aromatic N) is 4. The summed E-state index contributed by atoms with van der Waals surface area (Å²) in [5.74, 6) is 0.0310. The van der Waals surface area contributed by atoms with Crippen molar-refractivity contribution in [2.45, 2.75) is 25.7 Å². The summed E-state index contributed by atoms with van der Waals surface area (Å²) < 4.78 is 0. The molecule has 0 aromatic carbocycles. The van der Waals surface area contributed by atoms with Gasteiger partial charge in [-0.15, -0.1) is 0 Å². The van der Waals surface area contributed by atoms with Gasteiger partial charge in [-0.3, -0.25) is 9.89 Å². The minimum Gasteiger partial charge on any atom is -0.365 e. The van der Waals surface area contributed by atoms with Crippen LogP contribution < -0.4 is 16.4 Å². The van der Waals surface area contributed by atoms with Crippen molar-refractivity contribution in [2.24, 2.45) is 22.7 Å². The Balaban J connectivity index is 1.49. The molecule has 1 saturated carbocycles. The Bertz CT molecular complexity index is 825. The molecular weight excluding hydrogens is 340 g/mol. The molecule has 0 bridgehead atoms. The summed E-state index contributed by atoms with van der Waals surface area (Å²) in [6.45, 7) is 0.511. The molecule has 26 heavy (non-hydrogen) atoms. The topological polar surface area (TPSA) is 164 Å². The van der Waals surface area contributed by atoms with Crippen LogP contribution in [0.4, 0.5) is 5.69 Å². The predicted octanol–water partition coefficient (Wildman–Crippen LogP) is 0.799. The highest BCUT2D eigenvalue weighted by Crippen LogP contribution is 2.30. The van der Waals surface area contributed by atoms with Gasteiger partial charge in [-0.1, -0.05) is 0 Å². The number of guanidine groups is 1. The van der Waals surface area contributed by atoms with Crippen molar-refractivity contribution < 1.29 is 9.83 Å². The van der Waals surface area contributed by atoms with Gasteiger partial charge in [-0.25, -0.2) is 15.1 Å². The summed E-state index contributed by atoms with van der Waals surface area (Å²) in [7, 11) is 0. The lowest BCUT2D eigenvalue weighted by Crippen LogP contribution is -2.38. The van der Waals surface area contributed by atoms with Crippen LogP contribution in [-0.2, 0) is 4.79 Å². The largest absolute Gasteiger partial charge is 0.365 e. The average Bonchev–Trinajstić information content (AvgIpc) is 3.09. The number of carbonyl (C=O) groups excluding carboxylic acids is 1. The minimum absolute atomic E-state index is 0.0143. The van der Waals surface area contributed by atoms with Gasteiger partial charge in [-0.05, 0) is 37.7 Å². The fourth-order valence-electron chi connectivity index (χ4n) is 3.20. The van der Waals surface area contributed by atoms with Crippen molar-refractivity contribution in [3.63, 3.8) is 0 Å². The normalized spacial score (nSPS) is 20.7. The number of aromatic nitrogens is 3. The first-order chi connectivity index (χ1) is 12.5. The van der Waals surface area contributed by atoms with Gasteiger partial charge in [0, 0.05) is 18.7 Å². The molecule has 2 aromatic heterocycles. The molecular formula is C15H20N8O3. The molecule has 0 spiro atoms. The third-order valence-electron chi connectivity index (χ3n) is 4.59. The van der Waals surface area contributed by atoms with Crippen LogP contribution in [0.15, 0.2) is 23.6 Å². The maximum Gasteiger partial charge on any atom is 0.266 e. The van der Waals surface area contributed by atoms with Crippen molar-refractivity contribution in [3.8, 4) is 0 Å². The molecule has 0 aliphatic heterocycles. The number of hydrogen-bond acceptors (Lipinski definition) is 5. The molecule has 11 heteroatoms. The molecule has 0 atom stereocenters. The third kappa shape index (κ3) is 4.23. The number of amides is 1. The smallest absolute Gasteiger partial charge is 0.266 e. The number of hydrazone groups is 1. The lowest BCUT2D eigenvalue weighted by molar-refractivity contribution is -0.485. The first-order valence-corrected chi connectivity index (χ1v) is 8.34. The van der Waals surface area contributed by atoms with E-state index in [1.165, 1.54) is 0 Å². The fourth-order valence-corrected chi connectivity index (χ4v) is 3.20. The first kappa shape index (κ1) is 17.6. The van der Waals surface area contributed by atoms with Gasteiger partial charge in [0.2, 0.25) is 5.91 Å². The molecule has 5 N–H and O–H groups in total. The van der Waals surface area contributed by atoms with Crippen molar-refractivity contribution in [1.82, 2.24) is 20.5 Å². The minimum atomic E-state index is -0.834. The highest BCUT2D eigenvalue weighted by molar-refractivity contribution is 6.00. The highest BCUT2D eigenvalue weighted by Gasteiger charge is 2.26. The van der Waals surface area contributed by atoms with E-state index in [-0.39, 0.29) is 17.8 Å². The van der Waals surface area contributed by atoms with Gasteiger partial charge in [0.1, 0.15) is 5.10 Å². The van der Waals surface area contributed by atoms with Gasteiger partial charge in [-0.2, -0.15) is 5.10 Å². The number of fused-ring (bicyclic) bond motifs is 1. The number of carbonyl (C=O) groups is 1. The van der Waals surface area contributed by atoms with Crippen LogP contribution in [0.25, 0.3) is 11.0 Å². The fraction of sp³-hybridized carbons (Fsp3) is 0.467. The van der Waals surface area contributed by atoms with E-state index in [4.69, 9.17) is 5.73 Å². The van der Waals surface area contributed by atoms with Gasteiger partial charge < -0.3 is 16.4 Å². The zero-order chi connectivity index (χ0) is 18.5. The quantitative estimate of drug-likeness (QED) is 0.265. The molecule has 1 aliphatic carbocycles. The van der Waals surface area contributed by atoms with Gasteiger partial charge in [0.15, 0.2) is 10.7 Å². The Morgan fingerprint density at radius 2 is 2.19 bits per heavy atom. The molecule has 11 nitrogen and oxygen atoms in total. The van der Waals surface area contributed by atoms with Crippen molar-refractivity contribution in [1.29, 1.82) is 0 Å². The second-order valence-corrected chi connectivity index (χ2v) is 6.30. The van der Waals surface area contributed by atoms with E-state index in [0.717, 1.165) is 31.1 Å². The molecule has 0 radical (unpaired) electrons. The van der Waals surface area contributed by atoms with Crippen LogP contribution >= 0.6 is 0 Å². The Morgan fingerprint density at radius 3 is 2.92 bits per heavy atom. The molecule has 3 rings (SSSR count). The molecule has 0 unspecified atom stereocenters. The summed E-state index contributed by atoms with van der Waals surface area (Å²) in [6.07, 6.45) is 6.45. The number of H-pyrrole nitrogens is 1. The standard InChI is InChI=1S/C15H20N8O3/c16-15(22-23(25)26)18-7-9-1-3-10(4-2-9)14(24)20-12-5-6-17-13-11(12)8-19-21-13/h5-6,8-10H,1-4,7H2,(H3,16,18,22)(H2,17,19,20,21,24)/t9-,10-. The second-order valence-electron chi connectivity index (χ2n) is 6.30. The van der Waals surface area contributed by atoms with Gasteiger partial charge in [0.05, 0.1) is 17.3 Å². The monoisotopic (exact) mass is 360 g/mol. The SMILES string of the molecule is N/C(=N/[N+](=O)[O-])NC[C@H]1CC[C@H](C(=O)Nc2ccnc3[nH]ncc23)CC1. The number of pyridine rings is 1. The molecule has 138 valence electrons. The van der Waals surface area contributed by atoms with Crippen LogP contribution in [0.3, 0.4) is 0 Å². The van der Waals surface area contributed by atoms with Crippen LogP contribution in [0.5, 0.6) is 0 Å². The first-order valence-electron chi connectivity index (χ1n) is 8.34. The lowest BCUT2D eigenvalue weighted by atomic mass is 9.81. The van der Waals surface area contributed by atoms with Crippen LogP contribution in [0.2, 0.25) is 0 Å². The van der Waals surface area contributed by atoms with E-state index in [9.17, 15) is 14.9 Å². The average molecular weight is 360 g/mol. The number of aromatic amines is 1. The number of anilines is 1. The highest BCUT2D eigenvalue weighted by atomic mass is 16.7. The van der Waals surface area contributed by atoms with E-state index in [1.54, 1.807) is 18.5 Å². The number of nitro groups is 1. The number of hydrogen-bond donors (Lipinski definition) is 4. The Morgan fingerprint density at radius 1 is 1.42 bits per heavy atom. The van der Waals surface area contributed by atoms with Crippen LogP contribution in [0, 0.1) is 22.0 Å². The molecule has 2 aromatic rings. The number of nitrogens with one attached hydrogen (secondary N) is 3. The van der Waals surface area contributed by atoms with E-state index in [2.05, 4.69) is 30.9 Å². The van der Waals surface area contributed by atoms with E-state index in [1.807, 2.05) is 0 Å². The zero-order valence-electron chi connectivity index (χ0n) is 14.0. The summed E-state index contributed by atoms with van der Waals surface area (Å²) in [5, 5.41) is 25.6. The summed E-state index contributed by atoms with van der Waals surface area (Å²) in [5.41, 5.74) is 6.74. The molecule has 1 amide bonds. The summed E-state index contributed by atoms with van der Waals surface area (Å²) >= 11 is 0. The van der Waals surface area contributed by atoms with Crippen molar-refractivity contribution in [3.05, 3.63) is 28.6 Å². The van der Waals surface area contributed by atoms with Crippen LogP contribution in [-0.4, -0.2) is 38.6 Å². The third-order valence-corrected chi connectivity index (χ3v) is 4.59. The summed E-state index contributed by atoms with van der Waals surface area (Å²) in [4.78, 5) is 26.9. The van der Waals surface area contributed by atoms with Crippen molar-refractivity contribution >= 4 is 28.6 Å². The van der Waals surface area contributed by atoms with Crippen LogP contribution in [0.1, 0.15) is 25.7 Å². The number of rotatable bonds is 5. The van der Waals surface area contributed by atoms with E-state index in [0.29, 0.717) is 23.8 Å². The second kappa shape index (κ2) is 7.76. The summed E-state index contributed by atoms with van der Waals surface area (Å²) in [6, 6.07) is 1.75. The maximum atomic E-state index is 12.5. The van der Waals surface area contributed by atoms with E-state index < -0.39 is 5.03 Å². The Kier molecular flexibility index (Phi) is 5.25. The Hall–Kier alpha value is -3.24. The van der Waals surface area contributed by atoms with Gasteiger partial charge >= 0.3 is 0 Å².